The van der Waals surface area contributed by atoms with Crippen molar-refractivity contribution in [2.75, 3.05) is 6.54 Å². The van der Waals surface area contributed by atoms with Crippen LogP contribution in [-0.2, 0) is 41.3 Å². The molecule has 4 fully saturated rings. The zero-order chi connectivity index (χ0) is 47.1. The summed E-state index contributed by atoms with van der Waals surface area (Å²) in [5.74, 6) is -3.06. The number of carbonyl (C=O) groups excluding carboxylic acids is 5. The first kappa shape index (κ1) is 49.3. The molecule has 18 nitrogen and oxygen atoms in total. The zero-order valence-corrected chi connectivity index (χ0v) is 38.1. The molecule has 5 amide bonds. The van der Waals surface area contributed by atoms with Crippen LogP contribution in [-0.4, -0.2) is 106 Å². The number of aliphatic hydroxyl groups excluding tert-OH is 1. The van der Waals surface area contributed by atoms with Gasteiger partial charge in [-0.3, -0.25) is 24.0 Å². The van der Waals surface area contributed by atoms with Crippen LogP contribution in [0.1, 0.15) is 101 Å². The van der Waals surface area contributed by atoms with Crippen LogP contribution >= 0.6 is 0 Å². The fourth-order valence-corrected chi connectivity index (χ4v) is 9.50. The largest absolute Gasteiger partial charge is 0.497 e. The summed E-state index contributed by atoms with van der Waals surface area (Å²) in [6.07, 6.45) is 5.91. The van der Waals surface area contributed by atoms with Crippen LogP contribution in [0.5, 0.6) is 0 Å². The molecular formula is C46H67BN10O8. The molecule has 7 rings (SSSR count). The second-order valence-electron chi connectivity index (χ2n) is 18.6. The second-order valence-corrected chi connectivity index (χ2v) is 18.6. The molecule has 1 aromatic heterocycles. The van der Waals surface area contributed by atoms with E-state index in [1.165, 1.54) is 25.0 Å². The van der Waals surface area contributed by atoms with Gasteiger partial charge in [0.2, 0.25) is 17.7 Å². The maximum absolute atomic E-state index is 13.8. The molecule has 1 saturated heterocycles. The Bertz CT molecular complexity index is 2110. The molecular weight excluding hydrogens is 831 g/mol. The van der Waals surface area contributed by atoms with Gasteiger partial charge < -0.3 is 63.2 Å². The van der Waals surface area contributed by atoms with Crippen molar-refractivity contribution < 1.29 is 38.4 Å². The van der Waals surface area contributed by atoms with Crippen LogP contribution in [0.3, 0.4) is 0 Å². The number of amides is 5. The van der Waals surface area contributed by atoms with Crippen molar-refractivity contribution in [3.63, 3.8) is 0 Å². The van der Waals surface area contributed by atoms with E-state index >= 15 is 0 Å². The number of unbranched alkanes of at least 4 members (excludes halogenated alkanes) is 2. The van der Waals surface area contributed by atoms with Gasteiger partial charge in [-0.15, -0.1) is 0 Å². The number of hydrogen-bond donors (Lipinski definition) is 10. The smallest absolute Gasteiger partial charge is 0.403 e. The van der Waals surface area contributed by atoms with Crippen molar-refractivity contribution in [2.24, 2.45) is 34.5 Å². The number of benzene rings is 2. The van der Waals surface area contributed by atoms with E-state index in [0.29, 0.717) is 36.6 Å². The van der Waals surface area contributed by atoms with E-state index in [0.717, 1.165) is 43.2 Å². The maximum Gasteiger partial charge on any atom is 0.497 e. The van der Waals surface area contributed by atoms with E-state index in [4.69, 9.17) is 26.5 Å². The minimum atomic E-state index is -1.71. The third-order valence-electron chi connectivity index (χ3n) is 13.6. The molecule has 352 valence electrons. The highest BCUT2D eigenvalue weighted by Crippen LogP contribution is 2.65. The number of aliphatic hydroxyl groups is 1. The predicted molar refractivity (Wildman–Crippen MR) is 245 cm³/mol. The number of aromatic nitrogens is 2. The van der Waals surface area contributed by atoms with Crippen LogP contribution < -0.4 is 43.8 Å². The van der Waals surface area contributed by atoms with Gasteiger partial charge in [0, 0.05) is 23.9 Å². The lowest BCUT2D eigenvalue weighted by Crippen LogP contribution is -2.65. The van der Waals surface area contributed by atoms with Crippen molar-refractivity contribution in [2.45, 2.75) is 141 Å². The van der Waals surface area contributed by atoms with Gasteiger partial charge in [0.1, 0.15) is 24.2 Å². The van der Waals surface area contributed by atoms with E-state index in [1.807, 2.05) is 31.2 Å². The molecule has 3 aromatic rings. The lowest BCUT2D eigenvalue weighted by molar-refractivity contribution is -0.199. The van der Waals surface area contributed by atoms with Crippen molar-refractivity contribution in [1.29, 1.82) is 0 Å². The summed E-state index contributed by atoms with van der Waals surface area (Å²) >= 11 is 0. The zero-order valence-electron chi connectivity index (χ0n) is 38.1. The van der Waals surface area contributed by atoms with Gasteiger partial charge in [0.15, 0.2) is 6.17 Å². The Kier molecular flexibility index (Phi) is 16.2. The molecule has 3 saturated carbocycles. The summed E-state index contributed by atoms with van der Waals surface area (Å²) < 4.78 is 12.6. The van der Waals surface area contributed by atoms with Crippen molar-refractivity contribution >= 4 is 36.7 Å². The van der Waals surface area contributed by atoms with Gasteiger partial charge in [-0.2, -0.15) is 0 Å². The van der Waals surface area contributed by atoms with Crippen LogP contribution in [0, 0.1) is 17.3 Å². The summed E-state index contributed by atoms with van der Waals surface area (Å²) in [6.45, 7) is 10.3. The highest BCUT2D eigenvalue weighted by Gasteiger charge is 2.68. The summed E-state index contributed by atoms with van der Waals surface area (Å²) in [5, 5.41) is 23.6. The van der Waals surface area contributed by atoms with Gasteiger partial charge in [-0.05, 0) is 111 Å². The summed E-state index contributed by atoms with van der Waals surface area (Å²) in [7, 11) is -0.901. The van der Waals surface area contributed by atoms with E-state index in [-0.39, 0.29) is 30.3 Å². The molecule has 65 heavy (non-hydrogen) atoms. The maximum atomic E-state index is 13.8. The summed E-state index contributed by atoms with van der Waals surface area (Å²) in [5.41, 5.74) is 21.8. The molecule has 2 bridgehead atoms. The van der Waals surface area contributed by atoms with Crippen molar-refractivity contribution in [3.05, 3.63) is 77.9 Å². The van der Waals surface area contributed by atoms with Gasteiger partial charge >= 0.3 is 7.12 Å². The van der Waals surface area contributed by atoms with Crippen LogP contribution in [0.4, 0.5) is 0 Å². The number of aromatic amines is 1. The number of nitrogens with two attached hydrogens (primary N) is 3. The quantitative estimate of drug-likeness (QED) is 0.0388. The highest BCUT2D eigenvalue weighted by atomic mass is 16.7. The Labute approximate surface area is 381 Å². The summed E-state index contributed by atoms with van der Waals surface area (Å²) in [6, 6.07) is 10.3. The fourth-order valence-electron chi connectivity index (χ4n) is 9.50. The SMILES string of the molecule is CCCCc1ccc(-c2ccc(C(=O)N[C@@H](Cc3cnc[nH]3)C(=O)N[C@H](C(=O)N[C@@H](N)C(=O)N[C@@H](CCCCN)C(=O)N[C@@H](N)B3OC4C[C@@H]5C[C@@H](C5(C)C)[C@]4(C)O3)[C@@H](C)O)cc2)cc1. The van der Waals surface area contributed by atoms with Gasteiger partial charge in [-0.25, -0.2) is 4.98 Å². The molecule has 13 N–H and O–H groups in total. The molecule has 3 aliphatic carbocycles. The molecule has 1 unspecified atom stereocenters. The Morgan fingerprint density at radius 3 is 2.15 bits per heavy atom. The standard InChI is InChI=1S/C46H67BN10O8/c1-6-7-10-27-12-14-28(15-13-27)29-16-18-30(19-17-29)39(59)54-34(23-32-24-51-25-52-32)41(61)55-37(26(2)58)42(62)56-38(49)43(63)53-33(11-8-9-20-48)40(60)57-44(50)47-64-36-22-31-21-35(45(31,3)4)46(36,5)65-47/h12-19,24-26,31,33-38,44,58H,6-11,20-23,48-50H2,1-5H3,(H,51,52)(H,53,63)(H,54,59)(H,55,61)(H,56,62)(H,57,60)/t26-,31+,33+,34+,35+,36?,37+,38-,44-,46+/m1/s1. The Hall–Kier alpha value is -5.18. The number of imidazole rings is 1. The first-order valence-corrected chi connectivity index (χ1v) is 22.9. The third-order valence-corrected chi connectivity index (χ3v) is 13.6. The summed E-state index contributed by atoms with van der Waals surface area (Å²) in [4.78, 5) is 74.9. The average molecular weight is 899 g/mol. The Balaban J connectivity index is 1.05. The van der Waals surface area contributed by atoms with Crippen molar-refractivity contribution in [3.8, 4) is 11.1 Å². The van der Waals surface area contributed by atoms with Gasteiger partial charge in [0.25, 0.3) is 11.8 Å². The van der Waals surface area contributed by atoms with E-state index in [9.17, 15) is 29.1 Å². The Morgan fingerprint density at radius 1 is 0.862 bits per heavy atom. The molecule has 19 heteroatoms. The monoisotopic (exact) mass is 899 g/mol. The average Bonchev–Trinajstić information content (AvgIpc) is 3.94. The lowest BCUT2D eigenvalue weighted by Gasteiger charge is -2.64. The molecule has 2 heterocycles. The van der Waals surface area contributed by atoms with Crippen LogP contribution in [0.15, 0.2) is 61.1 Å². The van der Waals surface area contributed by atoms with Gasteiger partial charge in [-0.1, -0.05) is 63.6 Å². The topological polar surface area (TPSA) is 291 Å². The molecule has 0 spiro atoms. The number of carbonyl (C=O) groups is 5. The lowest BCUT2D eigenvalue weighted by atomic mass is 9.43. The predicted octanol–water partition coefficient (Wildman–Crippen LogP) is 1.31. The number of nitrogens with one attached hydrogen (secondary N) is 6. The number of nitrogens with zero attached hydrogens (tertiary/aromatic N) is 1. The number of rotatable bonds is 22. The van der Waals surface area contributed by atoms with E-state index < -0.39 is 78.7 Å². The van der Waals surface area contributed by atoms with E-state index in [1.54, 1.807) is 12.1 Å². The fraction of sp³-hybridized carbons (Fsp3) is 0.565. The minimum absolute atomic E-state index is 0.0363. The second kappa shape index (κ2) is 21.4. The van der Waals surface area contributed by atoms with Crippen LogP contribution in [0.2, 0.25) is 0 Å². The molecule has 1 aliphatic heterocycles. The number of hydrogen-bond acceptors (Lipinski definition) is 12. The molecule has 0 radical (unpaired) electrons. The van der Waals surface area contributed by atoms with Crippen LogP contribution in [0.25, 0.3) is 11.1 Å². The molecule has 2 aromatic carbocycles. The first-order valence-electron chi connectivity index (χ1n) is 22.9. The molecule has 10 atom stereocenters. The Morgan fingerprint density at radius 2 is 1.54 bits per heavy atom. The number of H-pyrrole nitrogens is 1. The molecule has 4 aliphatic rings. The normalized spacial score (nSPS) is 23.3. The van der Waals surface area contributed by atoms with Gasteiger partial charge in [0.05, 0.1) is 24.1 Å². The highest BCUT2D eigenvalue weighted by molar-refractivity contribution is 6.47. The van der Waals surface area contributed by atoms with E-state index in [2.05, 4.69) is 69.5 Å². The number of aryl methyl sites for hydroxylation is 1. The van der Waals surface area contributed by atoms with Crippen molar-refractivity contribution in [1.82, 2.24) is 36.6 Å². The first-order chi connectivity index (χ1) is 30.9. The minimum Gasteiger partial charge on any atom is -0.403 e. The third kappa shape index (κ3) is 11.6.